The summed E-state index contributed by atoms with van der Waals surface area (Å²) < 4.78 is 0. The Morgan fingerprint density at radius 3 is 1.94 bits per heavy atom. The molecule has 0 bridgehead atoms. The second-order valence-electron chi connectivity index (χ2n) is 11.1. The predicted octanol–water partition coefficient (Wildman–Crippen LogP) is 4.79. The summed E-state index contributed by atoms with van der Waals surface area (Å²) in [4.78, 5) is 49.7. The van der Waals surface area contributed by atoms with Gasteiger partial charge in [-0.05, 0) is 57.3 Å². The zero-order chi connectivity index (χ0) is 25.6. The average molecular weight is 502 g/mol. The molecule has 1 heterocycles. The molecule has 0 aromatic carbocycles. The molecule has 36 heavy (non-hydrogen) atoms. The summed E-state index contributed by atoms with van der Waals surface area (Å²) in [7, 11) is 0. The number of unbranched alkanes of at least 4 members (excludes halogenated alkanes) is 2. The topological polar surface area (TPSA) is 95.6 Å². The Morgan fingerprint density at radius 2 is 1.33 bits per heavy atom. The van der Waals surface area contributed by atoms with Crippen LogP contribution >= 0.6 is 0 Å². The lowest BCUT2D eigenvalue weighted by Gasteiger charge is -2.30. The predicted molar refractivity (Wildman–Crippen MR) is 141 cm³/mol. The van der Waals surface area contributed by atoms with Crippen LogP contribution < -0.4 is 10.6 Å². The van der Waals surface area contributed by atoms with Gasteiger partial charge in [0.25, 0.3) is 11.8 Å². The van der Waals surface area contributed by atoms with Crippen molar-refractivity contribution in [3.63, 3.8) is 0 Å². The van der Waals surface area contributed by atoms with Crippen molar-refractivity contribution in [1.82, 2.24) is 15.5 Å². The number of imide groups is 1. The molecular weight excluding hydrogens is 454 g/mol. The first-order valence-electron chi connectivity index (χ1n) is 14.6. The highest BCUT2D eigenvalue weighted by Crippen LogP contribution is 2.30. The highest BCUT2D eigenvalue weighted by Gasteiger charge is 2.31. The van der Waals surface area contributed by atoms with Gasteiger partial charge in [0.15, 0.2) is 0 Å². The molecule has 3 aliphatic rings. The van der Waals surface area contributed by atoms with E-state index in [0.717, 1.165) is 57.8 Å². The fourth-order valence-electron chi connectivity index (χ4n) is 5.85. The molecule has 7 heteroatoms. The van der Waals surface area contributed by atoms with E-state index in [0.29, 0.717) is 25.6 Å². The quantitative estimate of drug-likeness (QED) is 0.332. The largest absolute Gasteiger partial charge is 0.356 e. The minimum absolute atomic E-state index is 0.0247. The molecule has 2 aliphatic carbocycles. The summed E-state index contributed by atoms with van der Waals surface area (Å²) in [6.07, 6.45) is 21.9. The lowest BCUT2D eigenvalue weighted by atomic mass is 9.81. The van der Waals surface area contributed by atoms with Crippen LogP contribution in [0.4, 0.5) is 0 Å². The summed E-state index contributed by atoms with van der Waals surface area (Å²) in [5.74, 6) is 0.166. The van der Waals surface area contributed by atoms with Crippen molar-refractivity contribution >= 4 is 23.6 Å². The lowest BCUT2D eigenvalue weighted by molar-refractivity contribution is -0.138. The molecule has 0 spiro atoms. The summed E-state index contributed by atoms with van der Waals surface area (Å²) in [5.41, 5.74) is 0. The lowest BCUT2D eigenvalue weighted by Crippen LogP contribution is -2.38. The van der Waals surface area contributed by atoms with Gasteiger partial charge in [0.2, 0.25) is 11.8 Å². The molecule has 2 N–H and O–H groups in total. The summed E-state index contributed by atoms with van der Waals surface area (Å²) in [5, 5.41) is 6.35. The maximum Gasteiger partial charge on any atom is 0.253 e. The van der Waals surface area contributed by atoms with Gasteiger partial charge in [0, 0.05) is 43.6 Å². The molecule has 3 rings (SSSR count). The highest BCUT2D eigenvalue weighted by molar-refractivity contribution is 6.12. The Hall–Kier alpha value is -2.18. The van der Waals surface area contributed by atoms with Gasteiger partial charge in [-0.25, -0.2) is 0 Å². The van der Waals surface area contributed by atoms with E-state index >= 15 is 0 Å². The summed E-state index contributed by atoms with van der Waals surface area (Å²) in [6.45, 7) is 1.12. The van der Waals surface area contributed by atoms with E-state index in [1.165, 1.54) is 68.4 Å². The summed E-state index contributed by atoms with van der Waals surface area (Å²) in [6, 6.07) is 0.345. The molecule has 0 aromatic rings. The molecule has 0 atom stereocenters. The molecule has 2 saturated carbocycles. The highest BCUT2D eigenvalue weighted by atomic mass is 16.2. The van der Waals surface area contributed by atoms with E-state index in [2.05, 4.69) is 10.6 Å². The van der Waals surface area contributed by atoms with Gasteiger partial charge in [-0.15, -0.1) is 0 Å². The minimum Gasteiger partial charge on any atom is -0.356 e. The van der Waals surface area contributed by atoms with E-state index in [1.807, 2.05) is 0 Å². The van der Waals surface area contributed by atoms with Gasteiger partial charge in [-0.2, -0.15) is 0 Å². The number of hydrogen-bond acceptors (Lipinski definition) is 4. The molecule has 0 unspecified atom stereocenters. The van der Waals surface area contributed by atoms with Crippen LogP contribution in [-0.2, 0) is 19.2 Å². The molecule has 0 saturated heterocycles. The first kappa shape index (κ1) is 28.4. The van der Waals surface area contributed by atoms with Crippen molar-refractivity contribution in [2.45, 2.75) is 122 Å². The Bertz CT molecular complexity index is 728. The van der Waals surface area contributed by atoms with Crippen molar-refractivity contribution in [3.05, 3.63) is 12.2 Å². The number of rotatable bonds is 10. The smallest absolute Gasteiger partial charge is 0.253 e. The van der Waals surface area contributed by atoms with Crippen LogP contribution in [0, 0.1) is 11.8 Å². The molecule has 0 radical (unpaired) electrons. The number of nitrogens with one attached hydrogen (secondary N) is 2. The van der Waals surface area contributed by atoms with Gasteiger partial charge >= 0.3 is 0 Å². The molecule has 1 aliphatic heterocycles. The van der Waals surface area contributed by atoms with Crippen LogP contribution in [0.1, 0.15) is 116 Å². The van der Waals surface area contributed by atoms with E-state index in [9.17, 15) is 19.2 Å². The Labute approximate surface area is 217 Å². The van der Waals surface area contributed by atoms with Crippen LogP contribution in [0.15, 0.2) is 12.2 Å². The fraction of sp³-hybridized carbons (Fsp3) is 0.793. The monoisotopic (exact) mass is 501 g/mol. The SMILES string of the molecule is O=C(CCCCCNC(=O)C1CCC(CN2C(=O)C=CC2=O)CC1)NC1CCCCCCCCCC1. The van der Waals surface area contributed by atoms with Gasteiger partial charge in [0.1, 0.15) is 0 Å². The number of carbonyl (C=O) groups is 4. The molecule has 4 amide bonds. The standard InChI is InChI=1S/C29H47N3O4/c33-26(31-25-12-8-5-3-1-2-4-6-9-13-25)14-10-7-11-21-30-29(36)24-17-15-23(16-18-24)22-32-27(34)19-20-28(32)35/h19-20,23-25H,1-18,21-22H2,(H,30,36)(H,31,33). The van der Waals surface area contributed by atoms with Crippen molar-refractivity contribution in [1.29, 1.82) is 0 Å². The zero-order valence-corrected chi connectivity index (χ0v) is 22.1. The fourth-order valence-corrected chi connectivity index (χ4v) is 5.85. The van der Waals surface area contributed by atoms with E-state index in [1.54, 1.807) is 0 Å². The van der Waals surface area contributed by atoms with Crippen molar-refractivity contribution < 1.29 is 19.2 Å². The van der Waals surface area contributed by atoms with Crippen LogP contribution in [0.5, 0.6) is 0 Å². The zero-order valence-electron chi connectivity index (χ0n) is 22.1. The maximum absolute atomic E-state index is 12.5. The van der Waals surface area contributed by atoms with E-state index in [-0.39, 0.29) is 35.5 Å². The molecular formula is C29H47N3O4. The van der Waals surface area contributed by atoms with Crippen molar-refractivity contribution in [3.8, 4) is 0 Å². The third-order valence-electron chi connectivity index (χ3n) is 8.16. The van der Waals surface area contributed by atoms with Crippen LogP contribution in [0.2, 0.25) is 0 Å². The van der Waals surface area contributed by atoms with Gasteiger partial charge in [0.05, 0.1) is 0 Å². The maximum atomic E-state index is 12.5. The Morgan fingerprint density at radius 1 is 0.750 bits per heavy atom. The van der Waals surface area contributed by atoms with Gasteiger partial charge in [-0.3, -0.25) is 24.1 Å². The molecule has 7 nitrogen and oxygen atoms in total. The normalized spacial score (nSPS) is 24.4. The third-order valence-corrected chi connectivity index (χ3v) is 8.16. The number of hydrogen-bond donors (Lipinski definition) is 2. The van der Waals surface area contributed by atoms with Crippen LogP contribution in [-0.4, -0.2) is 47.7 Å². The van der Waals surface area contributed by atoms with E-state index < -0.39 is 0 Å². The Kier molecular flexibility index (Phi) is 12.5. The Balaban J connectivity index is 1.21. The van der Waals surface area contributed by atoms with E-state index in [4.69, 9.17) is 0 Å². The van der Waals surface area contributed by atoms with Crippen LogP contribution in [0.3, 0.4) is 0 Å². The van der Waals surface area contributed by atoms with Gasteiger partial charge in [-0.1, -0.05) is 57.8 Å². The minimum atomic E-state index is -0.224. The average Bonchev–Trinajstić information content (AvgIpc) is 3.16. The third kappa shape index (κ3) is 10.1. The van der Waals surface area contributed by atoms with Gasteiger partial charge < -0.3 is 10.6 Å². The summed E-state index contributed by atoms with van der Waals surface area (Å²) >= 11 is 0. The second-order valence-corrected chi connectivity index (χ2v) is 11.1. The van der Waals surface area contributed by atoms with Crippen molar-refractivity contribution in [2.75, 3.05) is 13.1 Å². The number of nitrogens with zero attached hydrogens (tertiary/aromatic N) is 1. The first-order valence-corrected chi connectivity index (χ1v) is 14.6. The van der Waals surface area contributed by atoms with Crippen LogP contribution in [0.25, 0.3) is 0 Å². The molecule has 202 valence electrons. The molecule has 0 aromatic heterocycles. The first-order chi connectivity index (χ1) is 17.5. The van der Waals surface area contributed by atoms with Crippen molar-refractivity contribution in [2.24, 2.45) is 11.8 Å². The number of amides is 4. The number of carbonyl (C=O) groups excluding carboxylic acids is 4. The second kappa shape index (κ2) is 15.8. The molecule has 2 fully saturated rings.